The normalized spacial score (nSPS) is 15.7. The van der Waals surface area contributed by atoms with Crippen LogP contribution in [0.2, 0.25) is 0 Å². The summed E-state index contributed by atoms with van der Waals surface area (Å²) in [6.45, 7) is 0.405. The summed E-state index contributed by atoms with van der Waals surface area (Å²) >= 11 is 1.18. The van der Waals surface area contributed by atoms with Gasteiger partial charge in [-0.1, -0.05) is 12.1 Å². The minimum atomic E-state index is -3.56. The van der Waals surface area contributed by atoms with Crippen LogP contribution >= 0.6 is 11.3 Å². The highest BCUT2D eigenvalue weighted by Crippen LogP contribution is 2.25. The van der Waals surface area contributed by atoms with Crippen LogP contribution in [0.1, 0.15) is 11.3 Å². The number of sulfonamides is 1. The Labute approximate surface area is 136 Å². The van der Waals surface area contributed by atoms with Crippen molar-refractivity contribution in [2.75, 3.05) is 6.54 Å². The molecule has 0 aromatic carbocycles. The van der Waals surface area contributed by atoms with Crippen molar-refractivity contribution in [3.05, 3.63) is 63.5 Å². The highest BCUT2D eigenvalue weighted by Gasteiger charge is 2.31. The van der Waals surface area contributed by atoms with E-state index < -0.39 is 10.0 Å². The molecular weight excluding hydrogens is 334 g/mol. The van der Waals surface area contributed by atoms with Crippen LogP contribution in [-0.4, -0.2) is 28.7 Å². The molecule has 8 heteroatoms. The SMILES string of the molecule is O=c1c2c(nc3ccccn13)CCN(S(=O)(=O)c1cccs1)C2. The van der Waals surface area contributed by atoms with Crippen molar-refractivity contribution in [2.45, 2.75) is 17.2 Å². The second-order valence-electron chi connectivity index (χ2n) is 5.29. The fraction of sp³-hybridized carbons (Fsp3) is 0.200. The quantitative estimate of drug-likeness (QED) is 0.704. The Kier molecular flexibility index (Phi) is 3.33. The molecule has 0 radical (unpaired) electrons. The fourth-order valence-corrected chi connectivity index (χ4v) is 5.32. The van der Waals surface area contributed by atoms with E-state index in [0.717, 1.165) is 0 Å². The van der Waals surface area contributed by atoms with E-state index in [2.05, 4.69) is 4.98 Å². The van der Waals surface area contributed by atoms with Crippen molar-refractivity contribution >= 4 is 27.0 Å². The summed E-state index contributed by atoms with van der Waals surface area (Å²) in [5, 5.41) is 1.73. The van der Waals surface area contributed by atoms with Crippen LogP contribution in [0.4, 0.5) is 0 Å². The van der Waals surface area contributed by atoms with Gasteiger partial charge in [-0.25, -0.2) is 13.4 Å². The van der Waals surface area contributed by atoms with Crippen LogP contribution in [0.25, 0.3) is 5.65 Å². The second-order valence-corrected chi connectivity index (χ2v) is 8.40. The first kappa shape index (κ1) is 14.6. The van der Waals surface area contributed by atoms with E-state index in [4.69, 9.17) is 0 Å². The molecule has 0 N–H and O–H groups in total. The molecule has 3 aromatic heterocycles. The molecule has 4 rings (SSSR count). The third-order valence-corrected chi connectivity index (χ3v) is 7.15. The van der Waals surface area contributed by atoms with Crippen LogP contribution in [0.15, 0.2) is 50.9 Å². The number of thiophene rings is 1. The molecule has 118 valence electrons. The van der Waals surface area contributed by atoms with Gasteiger partial charge in [-0.15, -0.1) is 11.3 Å². The molecule has 1 aliphatic rings. The maximum absolute atomic E-state index is 12.6. The standard InChI is InChI=1S/C15H13N3O3S2/c19-15-11-10-17(23(20,21)14-5-3-9-22-14)8-6-12(11)16-13-4-1-2-7-18(13)15/h1-5,7,9H,6,8,10H2. The Morgan fingerprint density at radius 3 is 2.83 bits per heavy atom. The number of nitrogens with zero attached hydrogens (tertiary/aromatic N) is 3. The lowest BCUT2D eigenvalue weighted by molar-refractivity contribution is 0.386. The predicted octanol–water partition coefficient (Wildman–Crippen LogP) is 1.50. The van der Waals surface area contributed by atoms with Crippen LogP contribution in [0.5, 0.6) is 0 Å². The lowest BCUT2D eigenvalue weighted by Gasteiger charge is -2.26. The van der Waals surface area contributed by atoms with Crippen LogP contribution in [0, 0.1) is 0 Å². The van der Waals surface area contributed by atoms with Crippen molar-refractivity contribution in [2.24, 2.45) is 0 Å². The van der Waals surface area contributed by atoms with E-state index in [1.807, 2.05) is 6.07 Å². The molecule has 1 aliphatic heterocycles. The van der Waals surface area contributed by atoms with Gasteiger partial charge in [-0.05, 0) is 23.6 Å². The molecule has 6 nitrogen and oxygen atoms in total. The summed E-state index contributed by atoms with van der Waals surface area (Å²) in [6.07, 6.45) is 2.10. The smallest absolute Gasteiger partial charge is 0.262 e. The van der Waals surface area contributed by atoms with Gasteiger partial charge in [-0.2, -0.15) is 4.31 Å². The van der Waals surface area contributed by atoms with Gasteiger partial charge in [-0.3, -0.25) is 9.20 Å². The monoisotopic (exact) mass is 347 g/mol. The Morgan fingerprint density at radius 1 is 1.17 bits per heavy atom. The van der Waals surface area contributed by atoms with E-state index >= 15 is 0 Å². The molecule has 0 atom stereocenters. The van der Waals surface area contributed by atoms with Crippen molar-refractivity contribution in [3.63, 3.8) is 0 Å². The number of fused-ring (bicyclic) bond motifs is 2. The summed E-state index contributed by atoms with van der Waals surface area (Å²) < 4.78 is 28.4. The largest absolute Gasteiger partial charge is 0.269 e. The summed E-state index contributed by atoms with van der Waals surface area (Å²) in [6, 6.07) is 8.65. The van der Waals surface area contributed by atoms with Gasteiger partial charge in [0.2, 0.25) is 0 Å². The number of hydrogen-bond donors (Lipinski definition) is 0. The average molecular weight is 347 g/mol. The molecule has 23 heavy (non-hydrogen) atoms. The Hall–Kier alpha value is -2.03. The fourth-order valence-electron chi connectivity index (χ4n) is 2.77. The predicted molar refractivity (Wildman–Crippen MR) is 87.1 cm³/mol. The van der Waals surface area contributed by atoms with Gasteiger partial charge < -0.3 is 0 Å². The molecule has 0 aliphatic carbocycles. The minimum Gasteiger partial charge on any atom is -0.269 e. The molecule has 4 heterocycles. The number of pyridine rings is 1. The van der Waals surface area contributed by atoms with Crippen LogP contribution < -0.4 is 5.56 Å². The number of aromatic nitrogens is 2. The summed E-state index contributed by atoms with van der Waals surface area (Å²) in [7, 11) is -3.56. The lowest BCUT2D eigenvalue weighted by Crippen LogP contribution is -2.39. The number of rotatable bonds is 2. The van der Waals surface area contributed by atoms with E-state index in [0.29, 0.717) is 34.1 Å². The van der Waals surface area contributed by atoms with Crippen molar-refractivity contribution in [1.82, 2.24) is 13.7 Å². The van der Waals surface area contributed by atoms with Crippen molar-refractivity contribution < 1.29 is 8.42 Å². The lowest BCUT2D eigenvalue weighted by atomic mass is 10.1. The van der Waals surface area contributed by atoms with Crippen molar-refractivity contribution in [3.8, 4) is 0 Å². The third-order valence-electron chi connectivity index (χ3n) is 3.93. The number of hydrogen-bond acceptors (Lipinski definition) is 5. The molecular formula is C15H13N3O3S2. The van der Waals surface area contributed by atoms with Gasteiger partial charge in [0.1, 0.15) is 9.86 Å². The molecule has 0 saturated heterocycles. The van der Waals surface area contributed by atoms with E-state index in [-0.39, 0.29) is 12.1 Å². The highest BCUT2D eigenvalue weighted by atomic mass is 32.2. The van der Waals surface area contributed by atoms with Gasteiger partial charge in [0.05, 0.1) is 11.3 Å². The second kappa shape index (κ2) is 5.26. The van der Waals surface area contributed by atoms with Crippen molar-refractivity contribution in [1.29, 1.82) is 0 Å². The zero-order chi connectivity index (χ0) is 16.0. The third kappa shape index (κ3) is 2.30. The van der Waals surface area contributed by atoms with Gasteiger partial charge in [0, 0.05) is 25.7 Å². The Morgan fingerprint density at radius 2 is 2.04 bits per heavy atom. The topological polar surface area (TPSA) is 71.8 Å². The van der Waals surface area contributed by atoms with Gasteiger partial charge >= 0.3 is 0 Å². The summed E-state index contributed by atoms with van der Waals surface area (Å²) in [5.74, 6) is 0. The van der Waals surface area contributed by atoms with Gasteiger partial charge in [0.25, 0.3) is 15.6 Å². The Bertz CT molecular complexity index is 1040. The molecule has 0 fully saturated rings. The van der Waals surface area contributed by atoms with Crippen LogP contribution in [0.3, 0.4) is 0 Å². The molecule has 3 aromatic rings. The maximum atomic E-state index is 12.6. The highest BCUT2D eigenvalue weighted by molar-refractivity contribution is 7.91. The summed E-state index contributed by atoms with van der Waals surface area (Å²) in [5.41, 5.74) is 1.54. The molecule has 0 amide bonds. The first-order chi connectivity index (χ1) is 11.1. The van der Waals surface area contributed by atoms with Gasteiger partial charge in [0.15, 0.2) is 0 Å². The minimum absolute atomic E-state index is 0.0687. The molecule has 0 saturated carbocycles. The first-order valence-electron chi connectivity index (χ1n) is 7.10. The maximum Gasteiger partial charge on any atom is 0.262 e. The zero-order valence-corrected chi connectivity index (χ0v) is 13.7. The van der Waals surface area contributed by atoms with E-state index in [9.17, 15) is 13.2 Å². The molecule has 0 bridgehead atoms. The van der Waals surface area contributed by atoms with E-state index in [1.54, 1.807) is 35.8 Å². The van der Waals surface area contributed by atoms with Crippen LogP contribution in [-0.2, 0) is 23.0 Å². The molecule has 0 unspecified atom stereocenters. The van der Waals surface area contributed by atoms with E-state index in [1.165, 1.54) is 20.0 Å². The Balaban J connectivity index is 1.81. The summed E-state index contributed by atoms with van der Waals surface area (Å²) in [4.78, 5) is 17.1. The average Bonchev–Trinajstić information content (AvgIpc) is 3.10. The molecule has 0 spiro atoms. The zero-order valence-electron chi connectivity index (χ0n) is 12.0. The first-order valence-corrected chi connectivity index (χ1v) is 9.42.